The van der Waals surface area contributed by atoms with Crippen molar-refractivity contribution < 1.29 is 18.5 Å². The van der Waals surface area contributed by atoms with Crippen molar-refractivity contribution in [1.82, 2.24) is 0 Å². The van der Waals surface area contributed by atoms with E-state index in [1.165, 1.54) is 12.1 Å². The van der Waals surface area contributed by atoms with Gasteiger partial charge in [-0.2, -0.15) is 0 Å². The van der Waals surface area contributed by atoms with Gasteiger partial charge in [0.25, 0.3) is 0 Å². The average Bonchev–Trinajstić information content (AvgIpc) is 2.90. The predicted octanol–water partition coefficient (Wildman–Crippen LogP) is 2.34. The molecule has 0 spiro atoms. The van der Waals surface area contributed by atoms with Gasteiger partial charge >= 0.3 is 6.92 Å². The minimum atomic E-state index is -0.286. The zero-order chi connectivity index (χ0) is 13.7. The Morgan fingerprint density at radius 1 is 1.42 bits per heavy atom. The molecule has 3 nitrogen and oxygen atoms in total. The first kappa shape index (κ1) is 14.5. The number of halogens is 1. The second kappa shape index (κ2) is 7.03. The fraction of sp³-hybridized carbons (Fsp3) is 0.571. The number of hydrogen-bond donors (Lipinski definition) is 0. The van der Waals surface area contributed by atoms with Gasteiger partial charge in [-0.25, -0.2) is 4.39 Å². The van der Waals surface area contributed by atoms with Gasteiger partial charge in [0.2, 0.25) is 0 Å². The van der Waals surface area contributed by atoms with Crippen molar-refractivity contribution in [3.63, 3.8) is 0 Å². The number of rotatable bonds is 6. The summed E-state index contributed by atoms with van der Waals surface area (Å²) in [6.45, 7) is 5.55. The van der Waals surface area contributed by atoms with E-state index in [0.717, 1.165) is 30.4 Å². The summed E-state index contributed by atoms with van der Waals surface area (Å²) in [6, 6.07) is 4.80. The number of hydrogen-bond acceptors (Lipinski definition) is 3. The second-order valence-corrected chi connectivity index (χ2v) is 4.68. The van der Waals surface area contributed by atoms with Crippen LogP contribution in [0, 0.1) is 5.82 Å². The fourth-order valence-electron chi connectivity index (χ4n) is 2.33. The maximum Gasteiger partial charge on any atom is 0.327 e. The molecule has 1 atom stereocenters. The molecule has 1 fully saturated rings. The van der Waals surface area contributed by atoms with Gasteiger partial charge in [0.1, 0.15) is 5.82 Å². The van der Waals surface area contributed by atoms with Crippen LogP contribution in [0.3, 0.4) is 0 Å². The molecule has 5 heteroatoms. The van der Waals surface area contributed by atoms with Crippen LogP contribution in [0.5, 0.6) is 0 Å². The Morgan fingerprint density at radius 2 is 2.26 bits per heavy atom. The zero-order valence-corrected chi connectivity index (χ0v) is 11.5. The summed E-state index contributed by atoms with van der Waals surface area (Å²) < 4.78 is 29.9. The summed E-state index contributed by atoms with van der Waals surface area (Å²) >= 11 is 0. The van der Waals surface area contributed by atoms with Gasteiger partial charge in [0.05, 0.1) is 6.61 Å². The largest absolute Gasteiger partial charge is 0.431 e. The summed E-state index contributed by atoms with van der Waals surface area (Å²) in [7, 11) is 0. The lowest BCUT2D eigenvalue weighted by Gasteiger charge is -2.16. The van der Waals surface area contributed by atoms with E-state index in [2.05, 4.69) is 0 Å². The van der Waals surface area contributed by atoms with Crippen LogP contribution in [-0.2, 0) is 20.7 Å². The molecule has 19 heavy (non-hydrogen) atoms. The molecule has 1 aliphatic heterocycles. The van der Waals surface area contributed by atoms with Crippen molar-refractivity contribution in [2.75, 3.05) is 13.2 Å². The summed E-state index contributed by atoms with van der Waals surface area (Å²) in [4.78, 5) is 0. The SMILES string of the molecule is CCOC(C)OCc1cc(F)ccc1B1CCCO1. The first-order chi connectivity index (χ1) is 9.20. The molecule has 0 saturated carbocycles. The normalized spacial score (nSPS) is 16.9. The van der Waals surface area contributed by atoms with Crippen LogP contribution in [-0.4, -0.2) is 26.4 Å². The maximum atomic E-state index is 13.4. The van der Waals surface area contributed by atoms with Crippen molar-refractivity contribution in [2.24, 2.45) is 0 Å². The Labute approximate surface area is 114 Å². The molecular formula is C14H20BFO3. The molecule has 0 amide bonds. The van der Waals surface area contributed by atoms with Gasteiger partial charge < -0.3 is 14.1 Å². The van der Waals surface area contributed by atoms with Crippen LogP contribution in [0.2, 0.25) is 6.32 Å². The average molecular weight is 266 g/mol. The van der Waals surface area contributed by atoms with Gasteiger partial charge in [0, 0.05) is 13.2 Å². The van der Waals surface area contributed by atoms with Gasteiger partial charge in [-0.3, -0.25) is 0 Å². The van der Waals surface area contributed by atoms with E-state index in [-0.39, 0.29) is 19.0 Å². The van der Waals surface area contributed by atoms with E-state index in [4.69, 9.17) is 14.1 Å². The molecule has 1 aromatic carbocycles. The van der Waals surface area contributed by atoms with E-state index in [0.29, 0.717) is 13.2 Å². The molecule has 0 aliphatic carbocycles. The number of benzene rings is 1. The van der Waals surface area contributed by atoms with Crippen LogP contribution in [0.25, 0.3) is 0 Å². The minimum Gasteiger partial charge on any atom is -0.431 e. The highest BCUT2D eigenvalue weighted by atomic mass is 19.1. The van der Waals surface area contributed by atoms with Gasteiger partial charge in [-0.05, 0) is 49.7 Å². The first-order valence-corrected chi connectivity index (χ1v) is 6.84. The monoisotopic (exact) mass is 266 g/mol. The van der Waals surface area contributed by atoms with Crippen LogP contribution in [0.1, 0.15) is 25.8 Å². The Balaban J connectivity index is 2.06. The molecule has 0 N–H and O–H groups in total. The lowest BCUT2D eigenvalue weighted by Crippen LogP contribution is -2.33. The molecule has 104 valence electrons. The van der Waals surface area contributed by atoms with Gasteiger partial charge in [-0.1, -0.05) is 6.07 Å². The van der Waals surface area contributed by atoms with Crippen molar-refractivity contribution in [3.05, 3.63) is 29.6 Å². The van der Waals surface area contributed by atoms with Crippen LogP contribution < -0.4 is 5.46 Å². The molecule has 1 heterocycles. The second-order valence-electron chi connectivity index (χ2n) is 4.68. The first-order valence-electron chi connectivity index (χ1n) is 6.84. The third-order valence-corrected chi connectivity index (χ3v) is 3.26. The quantitative estimate of drug-likeness (QED) is 0.584. The van der Waals surface area contributed by atoms with Crippen molar-refractivity contribution in [2.45, 2.75) is 39.5 Å². The van der Waals surface area contributed by atoms with E-state index in [1.807, 2.05) is 13.8 Å². The molecule has 2 rings (SSSR count). The number of ether oxygens (including phenoxy) is 2. The van der Waals surface area contributed by atoms with Crippen molar-refractivity contribution in [1.29, 1.82) is 0 Å². The summed E-state index contributed by atoms with van der Waals surface area (Å²) in [5, 5.41) is 0. The summed E-state index contributed by atoms with van der Waals surface area (Å²) in [6.07, 6.45) is 1.75. The molecule has 1 unspecified atom stereocenters. The Morgan fingerprint density at radius 3 is 2.95 bits per heavy atom. The van der Waals surface area contributed by atoms with E-state index in [9.17, 15) is 4.39 Å². The van der Waals surface area contributed by atoms with Gasteiger partial charge in [-0.15, -0.1) is 0 Å². The highest BCUT2D eigenvalue weighted by Gasteiger charge is 2.26. The molecule has 0 radical (unpaired) electrons. The third kappa shape index (κ3) is 4.03. The van der Waals surface area contributed by atoms with Gasteiger partial charge in [0.15, 0.2) is 6.29 Å². The van der Waals surface area contributed by atoms with E-state index >= 15 is 0 Å². The Bertz CT molecular complexity index is 408. The highest BCUT2D eigenvalue weighted by molar-refractivity contribution is 6.68. The zero-order valence-electron chi connectivity index (χ0n) is 11.5. The summed E-state index contributed by atoms with van der Waals surface area (Å²) in [5.41, 5.74) is 1.88. The van der Waals surface area contributed by atoms with Crippen LogP contribution >= 0.6 is 0 Å². The predicted molar refractivity (Wildman–Crippen MR) is 73.0 cm³/mol. The molecule has 0 aromatic heterocycles. The molecule has 1 aliphatic rings. The Kier molecular flexibility index (Phi) is 5.37. The third-order valence-electron chi connectivity index (χ3n) is 3.26. The topological polar surface area (TPSA) is 27.7 Å². The molecular weight excluding hydrogens is 246 g/mol. The minimum absolute atomic E-state index is 0.0709. The smallest absolute Gasteiger partial charge is 0.327 e. The van der Waals surface area contributed by atoms with Crippen molar-refractivity contribution >= 4 is 12.4 Å². The molecule has 0 bridgehead atoms. The Hall–Kier alpha value is -0.905. The lowest BCUT2D eigenvalue weighted by molar-refractivity contribution is -0.134. The summed E-state index contributed by atoms with van der Waals surface area (Å²) in [5.74, 6) is -0.246. The standard InChI is InChI=1S/C14H20BFO3/c1-3-17-11(2)18-10-12-9-13(16)5-6-14(12)15-7-4-8-19-15/h5-6,9,11H,3-4,7-8,10H2,1-2H3. The van der Waals surface area contributed by atoms with Crippen LogP contribution in [0.15, 0.2) is 18.2 Å². The highest BCUT2D eigenvalue weighted by Crippen LogP contribution is 2.14. The molecule has 1 aromatic rings. The lowest BCUT2D eigenvalue weighted by atomic mass is 9.58. The van der Waals surface area contributed by atoms with Crippen LogP contribution in [0.4, 0.5) is 4.39 Å². The fourth-order valence-corrected chi connectivity index (χ4v) is 2.33. The molecule has 1 saturated heterocycles. The maximum absolute atomic E-state index is 13.4. The van der Waals surface area contributed by atoms with E-state index < -0.39 is 0 Å². The van der Waals surface area contributed by atoms with E-state index in [1.54, 1.807) is 6.07 Å². The van der Waals surface area contributed by atoms with Crippen molar-refractivity contribution in [3.8, 4) is 0 Å².